The van der Waals surface area contributed by atoms with E-state index < -0.39 is 0 Å². The van der Waals surface area contributed by atoms with Crippen molar-refractivity contribution in [3.63, 3.8) is 0 Å². The Bertz CT molecular complexity index is 935. The van der Waals surface area contributed by atoms with E-state index in [9.17, 15) is 4.79 Å². The van der Waals surface area contributed by atoms with E-state index in [4.69, 9.17) is 4.74 Å². The largest absolute Gasteiger partial charge is 0.445 e. The van der Waals surface area contributed by atoms with E-state index in [0.717, 1.165) is 16.7 Å². The van der Waals surface area contributed by atoms with Gasteiger partial charge in [0.15, 0.2) is 12.7 Å². The molecule has 1 aromatic heterocycles. The number of hydrogen-bond donors (Lipinski definition) is 0. The predicted octanol–water partition coefficient (Wildman–Crippen LogP) is 3.34. The summed E-state index contributed by atoms with van der Waals surface area (Å²) in [6.45, 7) is 0.588. The monoisotopic (exact) mass is 329 g/mol. The van der Waals surface area contributed by atoms with Crippen molar-refractivity contribution in [3.05, 3.63) is 102 Å². The molecule has 0 aliphatic heterocycles. The molecule has 0 spiro atoms. The van der Waals surface area contributed by atoms with Gasteiger partial charge in [0, 0.05) is 11.1 Å². The molecule has 0 amide bonds. The summed E-state index contributed by atoms with van der Waals surface area (Å²) in [5.41, 5.74) is 3.64. The zero-order chi connectivity index (χ0) is 17.1. The Morgan fingerprint density at radius 1 is 1.08 bits per heavy atom. The molecule has 1 aliphatic carbocycles. The second-order valence-electron chi connectivity index (χ2n) is 5.89. The van der Waals surface area contributed by atoms with Crippen LogP contribution < -0.4 is 4.57 Å². The lowest BCUT2D eigenvalue weighted by Gasteiger charge is -2.12. The molecule has 2 aromatic carbocycles. The van der Waals surface area contributed by atoms with Crippen LogP contribution in [0.2, 0.25) is 0 Å². The minimum absolute atomic E-state index is 0.353. The molecule has 122 valence electrons. The Morgan fingerprint density at radius 3 is 2.76 bits per heavy atom. The summed E-state index contributed by atoms with van der Waals surface area (Å²) in [4.78, 5) is 16.8. The quantitative estimate of drug-likeness (QED) is 0.545. The molecule has 1 aliphatic rings. The molecule has 1 atom stereocenters. The van der Waals surface area contributed by atoms with Gasteiger partial charge in [-0.2, -0.15) is 4.57 Å². The molecule has 0 N–H and O–H groups in total. The van der Waals surface area contributed by atoms with E-state index in [-0.39, 0.29) is 12.1 Å². The van der Waals surface area contributed by atoms with E-state index in [1.54, 1.807) is 18.6 Å². The van der Waals surface area contributed by atoms with Gasteiger partial charge in [0.25, 0.3) is 0 Å². The van der Waals surface area contributed by atoms with Gasteiger partial charge < -0.3 is 4.74 Å². The van der Waals surface area contributed by atoms with Crippen LogP contribution >= 0.6 is 0 Å². The fraction of sp³-hybridized carbons (Fsp3) is 0.0952. The van der Waals surface area contributed by atoms with E-state index in [1.807, 2.05) is 71.3 Å². The number of fused-ring (bicyclic) bond motifs is 1. The van der Waals surface area contributed by atoms with Crippen LogP contribution in [0.25, 0.3) is 6.08 Å². The first-order valence-electron chi connectivity index (χ1n) is 8.17. The average molecular weight is 329 g/mol. The maximum absolute atomic E-state index is 12.7. The molecule has 0 saturated carbocycles. The fourth-order valence-electron chi connectivity index (χ4n) is 2.97. The molecule has 4 nitrogen and oxygen atoms in total. The number of nitrogens with zero attached hydrogens (tertiary/aromatic N) is 2. The van der Waals surface area contributed by atoms with Gasteiger partial charge in [0.1, 0.15) is 12.3 Å². The van der Waals surface area contributed by atoms with Crippen molar-refractivity contribution in [3.8, 4) is 0 Å². The Balaban J connectivity index is 1.56. The fourth-order valence-corrected chi connectivity index (χ4v) is 2.97. The Kier molecular flexibility index (Phi) is 4.09. The third-order valence-corrected chi connectivity index (χ3v) is 4.23. The summed E-state index contributed by atoms with van der Waals surface area (Å²) in [5.74, 6) is -0.379. The molecule has 4 heteroatoms. The third-order valence-electron chi connectivity index (χ3n) is 4.23. The van der Waals surface area contributed by atoms with Gasteiger partial charge in [-0.3, -0.25) is 4.98 Å². The van der Waals surface area contributed by atoms with Crippen LogP contribution in [0.5, 0.6) is 0 Å². The highest BCUT2D eigenvalue weighted by atomic mass is 16.5. The lowest BCUT2D eigenvalue weighted by atomic mass is 10.1. The minimum Gasteiger partial charge on any atom is -0.445 e. The predicted molar refractivity (Wildman–Crippen MR) is 93.6 cm³/mol. The van der Waals surface area contributed by atoms with E-state index >= 15 is 0 Å². The Hall–Kier alpha value is -3.27. The lowest BCUT2D eigenvalue weighted by Crippen LogP contribution is -2.41. The molecule has 0 bridgehead atoms. The zero-order valence-corrected chi connectivity index (χ0v) is 13.6. The lowest BCUT2D eigenvalue weighted by molar-refractivity contribution is -0.691. The molecule has 3 aromatic rings. The van der Waals surface area contributed by atoms with Crippen LogP contribution in [-0.4, -0.2) is 11.0 Å². The van der Waals surface area contributed by atoms with Crippen LogP contribution in [0, 0.1) is 0 Å². The van der Waals surface area contributed by atoms with Gasteiger partial charge in [-0.25, -0.2) is 4.79 Å². The molecular weight excluding hydrogens is 312 g/mol. The van der Waals surface area contributed by atoms with Gasteiger partial charge in [-0.1, -0.05) is 60.7 Å². The van der Waals surface area contributed by atoms with Crippen LogP contribution in [0.3, 0.4) is 0 Å². The second-order valence-corrected chi connectivity index (χ2v) is 5.89. The highest BCUT2D eigenvalue weighted by Gasteiger charge is 2.27. The molecular formula is C21H17N2O2+. The summed E-state index contributed by atoms with van der Waals surface area (Å²) in [6, 6.07) is 17.9. The summed E-state index contributed by atoms with van der Waals surface area (Å²) in [5, 5.41) is 0. The number of rotatable bonds is 4. The molecule has 25 heavy (non-hydrogen) atoms. The summed E-state index contributed by atoms with van der Waals surface area (Å²) in [7, 11) is 0. The number of aromatic nitrogens is 2. The number of carbonyl (C=O) groups is 1. The third kappa shape index (κ3) is 3.19. The van der Waals surface area contributed by atoms with E-state index in [2.05, 4.69) is 4.98 Å². The first-order chi connectivity index (χ1) is 12.3. The summed E-state index contributed by atoms with van der Waals surface area (Å²) < 4.78 is 7.57. The summed E-state index contributed by atoms with van der Waals surface area (Å²) >= 11 is 0. The molecule has 0 fully saturated rings. The molecule has 0 radical (unpaired) electrons. The standard InChI is InChI=1S/C21H17N2O2/c24-21(25-20-11-10-17-8-4-5-9-18(17)20)19-14-22-12-13-23(19)15-16-6-2-1-3-7-16/h1-14,20H,15H2/q+1. The molecule has 1 unspecified atom stereocenters. The van der Waals surface area contributed by atoms with E-state index in [1.165, 1.54) is 0 Å². The van der Waals surface area contributed by atoms with Gasteiger partial charge in [0.2, 0.25) is 0 Å². The first kappa shape index (κ1) is 15.3. The molecule has 4 rings (SSSR count). The topological polar surface area (TPSA) is 43.1 Å². The summed E-state index contributed by atoms with van der Waals surface area (Å²) in [6.07, 6.45) is 8.55. The first-order valence-corrected chi connectivity index (χ1v) is 8.17. The number of hydrogen-bond acceptors (Lipinski definition) is 3. The molecule has 0 saturated heterocycles. The number of carbonyl (C=O) groups excluding carboxylic acids is 1. The van der Waals surface area contributed by atoms with Crippen molar-refractivity contribution >= 4 is 12.0 Å². The SMILES string of the molecule is O=C(OC1C=Cc2ccccc21)c1cncc[n+]1Cc1ccccc1. The molecule has 1 heterocycles. The normalized spacial score (nSPS) is 15.0. The second kappa shape index (κ2) is 6.69. The van der Waals surface area contributed by atoms with Crippen molar-refractivity contribution in [2.24, 2.45) is 0 Å². The minimum atomic E-state index is -0.379. The zero-order valence-electron chi connectivity index (χ0n) is 13.6. The van der Waals surface area contributed by atoms with Gasteiger partial charge in [0.05, 0.1) is 6.20 Å². The van der Waals surface area contributed by atoms with Crippen LogP contribution in [0.1, 0.15) is 33.3 Å². The van der Waals surface area contributed by atoms with Gasteiger partial charge >= 0.3 is 11.7 Å². The van der Waals surface area contributed by atoms with Crippen molar-refractivity contribution in [1.29, 1.82) is 0 Å². The smallest absolute Gasteiger partial charge is 0.406 e. The van der Waals surface area contributed by atoms with E-state index in [0.29, 0.717) is 12.2 Å². The highest BCUT2D eigenvalue weighted by Crippen LogP contribution is 2.31. The van der Waals surface area contributed by atoms with Gasteiger partial charge in [-0.05, 0) is 11.6 Å². The Morgan fingerprint density at radius 2 is 1.88 bits per heavy atom. The number of esters is 1. The van der Waals surface area contributed by atoms with Gasteiger partial charge in [-0.15, -0.1) is 0 Å². The highest BCUT2D eigenvalue weighted by molar-refractivity contribution is 5.86. The van der Waals surface area contributed by atoms with Crippen molar-refractivity contribution < 1.29 is 14.1 Å². The Labute approximate surface area is 146 Å². The van der Waals surface area contributed by atoms with Crippen molar-refractivity contribution in [2.45, 2.75) is 12.6 Å². The maximum atomic E-state index is 12.7. The van der Waals surface area contributed by atoms with Crippen molar-refractivity contribution in [2.75, 3.05) is 0 Å². The van der Waals surface area contributed by atoms with Crippen molar-refractivity contribution in [1.82, 2.24) is 4.98 Å². The van der Waals surface area contributed by atoms with Crippen LogP contribution in [-0.2, 0) is 11.3 Å². The maximum Gasteiger partial charge on any atom is 0.406 e. The number of benzene rings is 2. The average Bonchev–Trinajstić information content (AvgIpc) is 3.06. The number of ether oxygens (including phenoxy) is 1. The van der Waals surface area contributed by atoms with Crippen LogP contribution in [0.4, 0.5) is 0 Å². The van der Waals surface area contributed by atoms with Crippen LogP contribution in [0.15, 0.2) is 79.3 Å².